The third kappa shape index (κ3) is 4.84. The summed E-state index contributed by atoms with van der Waals surface area (Å²) in [5.41, 5.74) is 2.63. The van der Waals surface area contributed by atoms with E-state index in [0.29, 0.717) is 11.5 Å². The second-order valence-electron chi connectivity index (χ2n) is 6.69. The van der Waals surface area contributed by atoms with Crippen LogP contribution in [0.5, 0.6) is 0 Å². The molecule has 25 heavy (non-hydrogen) atoms. The Kier molecular flexibility index (Phi) is 6.62. The van der Waals surface area contributed by atoms with Crippen molar-refractivity contribution in [1.82, 2.24) is 4.90 Å². The van der Waals surface area contributed by atoms with E-state index in [1.807, 2.05) is 31.1 Å². The molecule has 0 saturated heterocycles. The summed E-state index contributed by atoms with van der Waals surface area (Å²) in [6.07, 6.45) is 5.47. The smallest absolute Gasteiger partial charge is 0.339 e. The van der Waals surface area contributed by atoms with Gasteiger partial charge in [0, 0.05) is 20.3 Å². The molecular weight excluding hydrogens is 318 g/mol. The molecule has 0 radical (unpaired) electrons. The Morgan fingerprint density at radius 1 is 1.00 bits per heavy atom. The minimum Gasteiger partial charge on any atom is -0.469 e. The fraction of sp³-hybridized carbons (Fsp3) is 0.500. The van der Waals surface area contributed by atoms with Gasteiger partial charge in [0.15, 0.2) is 0 Å². The molecule has 1 aromatic carbocycles. The molecule has 1 fully saturated rings. The Morgan fingerprint density at radius 2 is 1.60 bits per heavy atom. The van der Waals surface area contributed by atoms with Gasteiger partial charge in [-0.2, -0.15) is 0 Å². The number of hydrogen-bond acceptors (Lipinski definition) is 5. The van der Waals surface area contributed by atoms with Gasteiger partial charge in [0.1, 0.15) is 0 Å². The first-order chi connectivity index (χ1) is 12.0. The highest BCUT2D eigenvalue weighted by Gasteiger charge is 2.27. The number of carbonyl (C=O) groups is 2. The minimum absolute atomic E-state index is 0.0366. The second-order valence-corrected chi connectivity index (χ2v) is 6.69. The SMILES string of the molecule is COC(=O)/C(=C/N(C)C)c1ccc(C2CCC(C(=O)OC)CC2)cc1. The molecule has 1 saturated carbocycles. The minimum atomic E-state index is -0.347. The van der Waals surface area contributed by atoms with Crippen LogP contribution in [0.2, 0.25) is 0 Å². The van der Waals surface area contributed by atoms with Gasteiger partial charge >= 0.3 is 11.9 Å². The summed E-state index contributed by atoms with van der Waals surface area (Å²) < 4.78 is 9.73. The van der Waals surface area contributed by atoms with Gasteiger partial charge in [0.2, 0.25) is 0 Å². The van der Waals surface area contributed by atoms with E-state index in [9.17, 15) is 9.59 Å². The maximum Gasteiger partial charge on any atom is 0.339 e. The Hall–Kier alpha value is -2.30. The summed E-state index contributed by atoms with van der Waals surface area (Å²) in [5.74, 6) is 0.0502. The van der Waals surface area contributed by atoms with Crippen molar-refractivity contribution >= 4 is 17.5 Å². The van der Waals surface area contributed by atoms with E-state index < -0.39 is 0 Å². The van der Waals surface area contributed by atoms with Gasteiger partial charge in [0.25, 0.3) is 0 Å². The van der Waals surface area contributed by atoms with E-state index in [0.717, 1.165) is 31.2 Å². The van der Waals surface area contributed by atoms with Crippen LogP contribution in [0.15, 0.2) is 30.5 Å². The summed E-state index contributed by atoms with van der Waals surface area (Å²) in [5, 5.41) is 0. The maximum atomic E-state index is 12.0. The first-order valence-corrected chi connectivity index (χ1v) is 8.61. The zero-order valence-corrected chi connectivity index (χ0v) is 15.5. The number of nitrogens with zero attached hydrogens (tertiary/aromatic N) is 1. The van der Waals surface area contributed by atoms with Crippen LogP contribution in [0.4, 0.5) is 0 Å². The second kappa shape index (κ2) is 8.70. The summed E-state index contributed by atoms with van der Waals surface area (Å²) in [4.78, 5) is 25.5. The van der Waals surface area contributed by atoms with E-state index >= 15 is 0 Å². The Balaban J connectivity index is 2.09. The lowest BCUT2D eigenvalue weighted by Crippen LogP contribution is -2.22. The van der Waals surface area contributed by atoms with E-state index in [2.05, 4.69) is 12.1 Å². The van der Waals surface area contributed by atoms with Crippen molar-refractivity contribution in [1.29, 1.82) is 0 Å². The van der Waals surface area contributed by atoms with Crippen LogP contribution in [0.3, 0.4) is 0 Å². The number of ether oxygens (including phenoxy) is 2. The lowest BCUT2D eigenvalue weighted by atomic mass is 9.78. The van der Waals surface area contributed by atoms with E-state index in [1.54, 1.807) is 6.20 Å². The van der Waals surface area contributed by atoms with Crippen LogP contribution in [-0.2, 0) is 19.1 Å². The Bertz CT molecular complexity index is 626. The Labute approximate surface area is 149 Å². The van der Waals surface area contributed by atoms with Gasteiger partial charge in [-0.15, -0.1) is 0 Å². The van der Waals surface area contributed by atoms with Gasteiger partial charge in [-0.3, -0.25) is 4.79 Å². The van der Waals surface area contributed by atoms with Crippen LogP contribution >= 0.6 is 0 Å². The van der Waals surface area contributed by atoms with Crippen molar-refractivity contribution < 1.29 is 19.1 Å². The number of carbonyl (C=O) groups excluding carboxylic acids is 2. The van der Waals surface area contributed by atoms with Crippen LogP contribution < -0.4 is 0 Å². The fourth-order valence-electron chi connectivity index (χ4n) is 3.38. The van der Waals surface area contributed by atoms with Crippen LogP contribution in [-0.4, -0.2) is 45.2 Å². The molecule has 0 atom stereocenters. The molecule has 0 aromatic heterocycles. The number of benzene rings is 1. The zero-order valence-electron chi connectivity index (χ0n) is 15.5. The topological polar surface area (TPSA) is 55.8 Å². The largest absolute Gasteiger partial charge is 0.469 e. The molecule has 0 aliphatic heterocycles. The molecule has 0 amide bonds. The normalized spacial score (nSPS) is 20.7. The molecular formula is C20H27NO4. The lowest BCUT2D eigenvalue weighted by Gasteiger charge is -2.27. The molecule has 0 unspecified atom stereocenters. The first-order valence-electron chi connectivity index (χ1n) is 8.61. The zero-order chi connectivity index (χ0) is 18.4. The van der Waals surface area contributed by atoms with Gasteiger partial charge < -0.3 is 14.4 Å². The molecule has 0 N–H and O–H groups in total. The summed E-state index contributed by atoms with van der Waals surface area (Å²) in [7, 11) is 6.58. The van der Waals surface area contributed by atoms with E-state index in [1.165, 1.54) is 19.8 Å². The quantitative estimate of drug-likeness (QED) is 0.606. The highest BCUT2D eigenvalue weighted by atomic mass is 16.5. The van der Waals surface area contributed by atoms with E-state index in [4.69, 9.17) is 9.47 Å². The highest BCUT2D eigenvalue weighted by Crippen LogP contribution is 2.36. The summed E-state index contributed by atoms with van der Waals surface area (Å²) in [6, 6.07) is 8.08. The van der Waals surface area contributed by atoms with E-state index in [-0.39, 0.29) is 17.9 Å². The number of rotatable bonds is 5. The maximum absolute atomic E-state index is 12.0. The van der Waals surface area contributed by atoms with Crippen molar-refractivity contribution in [3.63, 3.8) is 0 Å². The molecule has 5 heteroatoms. The molecule has 0 heterocycles. The Morgan fingerprint density at radius 3 is 2.08 bits per heavy atom. The molecule has 1 aliphatic rings. The van der Waals surface area contributed by atoms with Crippen molar-refractivity contribution in [2.24, 2.45) is 5.92 Å². The summed E-state index contributed by atoms with van der Waals surface area (Å²) in [6.45, 7) is 0. The average Bonchev–Trinajstić information content (AvgIpc) is 2.65. The van der Waals surface area contributed by atoms with Gasteiger partial charge in [0.05, 0.1) is 25.7 Å². The molecule has 1 aromatic rings. The average molecular weight is 345 g/mol. The predicted octanol–water partition coefficient (Wildman–Crippen LogP) is 3.21. The highest BCUT2D eigenvalue weighted by molar-refractivity contribution is 6.16. The van der Waals surface area contributed by atoms with Gasteiger partial charge in [-0.1, -0.05) is 24.3 Å². The standard InChI is InChI=1S/C20H27NO4/c1-21(2)13-18(20(23)25-4)16-9-5-14(6-10-16)15-7-11-17(12-8-15)19(22)24-3/h5-6,9-10,13,15,17H,7-8,11-12H2,1-4H3/b18-13+. The molecule has 1 aliphatic carbocycles. The van der Waals surface area contributed by atoms with Crippen molar-refractivity contribution in [2.75, 3.05) is 28.3 Å². The first kappa shape index (κ1) is 19.0. The predicted molar refractivity (Wildman–Crippen MR) is 96.8 cm³/mol. The molecule has 0 spiro atoms. The lowest BCUT2D eigenvalue weighted by molar-refractivity contribution is -0.146. The van der Waals surface area contributed by atoms with Gasteiger partial charge in [-0.25, -0.2) is 4.79 Å². The number of esters is 2. The molecule has 5 nitrogen and oxygen atoms in total. The molecule has 136 valence electrons. The number of hydrogen-bond donors (Lipinski definition) is 0. The molecule has 2 rings (SSSR count). The van der Waals surface area contributed by atoms with Crippen LogP contribution in [0, 0.1) is 5.92 Å². The van der Waals surface area contributed by atoms with Crippen LogP contribution in [0.25, 0.3) is 5.57 Å². The third-order valence-corrected chi connectivity index (χ3v) is 4.75. The van der Waals surface area contributed by atoms with Gasteiger partial charge in [-0.05, 0) is 42.7 Å². The van der Waals surface area contributed by atoms with Crippen LogP contribution in [0.1, 0.15) is 42.7 Å². The van der Waals surface area contributed by atoms with Crippen molar-refractivity contribution in [3.05, 3.63) is 41.6 Å². The summed E-state index contributed by atoms with van der Waals surface area (Å²) >= 11 is 0. The fourth-order valence-corrected chi connectivity index (χ4v) is 3.38. The van der Waals surface area contributed by atoms with Crippen molar-refractivity contribution in [2.45, 2.75) is 31.6 Å². The van der Waals surface area contributed by atoms with Crippen molar-refractivity contribution in [3.8, 4) is 0 Å². The molecule has 0 bridgehead atoms. The monoisotopic (exact) mass is 345 g/mol. The third-order valence-electron chi connectivity index (χ3n) is 4.75. The number of methoxy groups -OCH3 is 2.